The molecule has 0 spiro atoms. The van der Waals surface area contributed by atoms with E-state index in [1.54, 1.807) is 0 Å². The van der Waals surface area contributed by atoms with E-state index in [4.69, 9.17) is 0 Å². The fraction of sp³-hybridized carbons (Fsp3) is 0.533. The van der Waals surface area contributed by atoms with Gasteiger partial charge in [0, 0.05) is 18.2 Å². The van der Waals surface area contributed by atoms with Crippen LogP contribution in [0.25, 0.3) is 0 Å². The molecule has 20 heavy (non-hydrogen) atoms. The van der Waals surface area contributed by atoms with E-state index in [1.165, 1.54) is 6.07 Å². The predicted molar refractivity (Wildman–Crippen MR) is 73.5 cm³/mol. The molecule has 2 rings (SSSR count). The summed E-state index contributed by atoms with van der Waals surface area (Å²) in [6, 6.07) is 3.60. The Morgan fingerprint density at radius 3 is 2.45 bits per heavy atom. The van der Waals surface area contributed by atoms with Gasteiger partial charge in [-0.3, -0.25) is 4.79 Å². The van der Waals surface area contributed by atoms with Gasteiger partial charge >= 0.3 is 0 Å². The molecule has 0 bridgehead atoms. The van der Waals surface area contributed by atoms with Crippen LogP contribution in [-0.2, 0) is 0 Å². The highest BCUT2D eigenvalue weighted by Gasteiger charge is 2.23. The van der Waals surface area contributed by atoms with Crippen molar-refractivity contribution in [3.8, 4) is 0 Å². The lowest BCUT2D eigenvalue weighted by atomic mass is 9.91. The van der Waals surface area contributed by atoms with Crippen molar-refractivity contribution in [1.82, 2.24) is 10.6 Å². The molecular weight excluding hydrogens is 262 g/mol. The Labute approximate surface area is 117 Å². The minimum Gasteiger partial charge on any atom is -0.349 e. The second kappa shape index (κ2) is 6.79. The summed E-state index contributed by atoms with van der Waals surface area (Å²) < 4.78 is 26.3. The molecule has 0 unspecified atom stereocenters. The van der Waals surface area contributed by atoms with Crippen LogP contribution in [0.5, 0.6) is 0 Å². The fourth-order valence-electron chi connectivity index (χ4n) is 2.67. The van der Waals surface area contributed by atoms with Gasteiger partial charge in [0.1, 0.15) is 11.6 Å². The Hall–Kier alpha value is -1.49. The van der Waals surface area contributed by atoms with Gasteiger partial charge in [-0.25, -0.2) is 8.78 Å². The van der Waals surface area contributed by atoms with Crippen LogP contribution in [0.4, 0.5) is 8.78 Å². The zero-order valence-corrected chi connectivity index (χ0v) is 11.6. The number of carbonyl (C=O) groups excluding carboxylic acids is 1. The minimum absolute atomic E-state index is 0.0712. The monoisotopic (exact) mass is 282 g/mol. The van der Waals surface area contributed by atoms with Gasteiger partial charge in [0.25, 0.3) is 5.91 Å². The first kappa shape index (κ1) is 14.9. The summed E-state index contributed by atoms with van der Waals surface area (Å²) in [6.07, 6.45) is 3.77. The molecule has 1 aromatic rings. The number of rotatable bonds is 4. The lowest BCUT2D eigenvalue weighted by Gasteiger charge is -2.29. The average molecular weight is 282 g/mol. The van der Waals surface area contributed by atoms with Crippen molar-refractivity contribution in [3.63, 3.8) is 0 Å². The molecule has 1 amide bonds. The van der Waals surface area contributed by atoms with Crippen molar-refractivity contribution < 1.29 is 13.6 Å². The van der Waals surface area contributed by atoms with Gasteiger partial charge in [-0.15, -0.1) is 0 Å². The average Bonchev–Trinajstić information content (AvgIpc) is 2.41. The molecule has 0 atom stereocenters. The smallest absolute Gasteiger partial charge is 0.254 e. The molecule has 2 N–H and O–H groups in total. The zero-order chi connectivity index (χ0) is 14.5. The van der Waals surface area contributed by atoms with Crippen LogP contribution in [0, 0.1) is 11.6 Å². The Balaban J connectivity index is 1.89. The van der Waals surface area contributed by atoms with Crippen molar-refractivity contribution in [2.45, 2.75) is 44.7 Å². The first-order valence-electron chi connectivity index (χ1n) is 7.09. The summed E-state index contributed by atoms with van der Waals surface area (Å²) in [4.78, 5) is 12.0. The molecule has 0 aromatic heterocycles. The molecule has 5 heteroatoms. The van der Waals surface area contributed by atoms with Crippen molar-refractivity contribution in [2.75, 3.05) is 6.54 Å². The Morgan fingerprint density at radius 2 is 1.85 bits per heavy atom. The number of nitrogens with one attached hydrogen (secondary N) is 2. The maximum Gasteiger partial charge on any atom is 0.254 e. The fourth-order valence-corrected chi connectivity index (χ4v) is 2.67. The highest BCUT2D eigenvalue weighted by Crippen LogP contribution is 2.19. The highest BCUT2D eigenvalue weighted by molar-refractivity contribution is 5.94. The molecular formula is C15H20F2N2O. The van der Waals surface area contributed by atoms with Gasteiger partial charge in [0.05, 0.1) is 5.56 Å². The Bertz CT molecular complexity index is 471. The van der Waals surface area contributed by atoms with Crippen molar-refractivity contribution >= 4 is 5.91 Å². The topological polar surface area (TPSA) is 41.1 Å². The van der Waals surface area contributed by atoms with Crippen LogP contribution in [-0.4, -0.2) is 24.5 Å². The number of hydrogen-bond acceptors (Lipinski definition) is 2. The van der Waals surface area contributed by atoms with Gasteiger partial charge in [-0.1, -0.05) is 6.92 Å². The highest BCUT2D eigenvalue weighted by atomic mass is 19.1. The first-order valence-corrected chi connectivity index (χ1v) is 7.09. The lowest BCUT2D eigenvalue weighted by Crippen LogP contribution is -2.42. The summed E-state index contributed by atoms with van der Waals surface area (Å²) in [5.41, 5.74) is -0.0970. The third-order valence-corrected chi connectivity index (χ3v) is 3.73. The maximum absolute atomic E-state index is 13.5. The molecule has 1 aromatic carbocycles. The van der Waals surface area contributed by atoms with Crippen LogP contribution < -0.4 is 10.6 Å². The van der Waals surface area contributed by atoms with E-state index in [1.807, 2.05) is 0 Å². The van der Waals surface area contributed by atoms with E-state index in [9.17, 15) is 13.6 Å². The van der Waals surface area contributed by atoms with Crippen LogP contribution in [0.2, 0.25) is 0 Å². The van der Waals surface area contributed by atoms with E-state index < -0.39 is 17.5 Å². The molecule has 0 heterocycles. The van der Waals surface area contributed by atoms with Crippen molar-refractivity contribution in [2.24, 2.45) is 0 Å². The molecule has 3 nitrogen and oxygen atoms in total. The van der Waals surface area contributed by atoms with Gasteiger partial charge in [0.2, 0.25) is 0 Å². The van der Waals surface area contributed by atoms with E-state index in [0.29, 0.717) is 6.04 Å². The molecule has 1 aliphatic rings. The maximum atomic E-state index is 13.5. The van der Waals surface area contributed by atoms with E-state index in [-0.39, 0.29) is 11.6 Å². The minimum atomic E-state index is -0.816. The van der Waals surface area contributed by atoms with Crippen molar-refractivity contribution in [1.29, 1.82) is 0 Å². The zero-order valence-electron chi connectivity index (χ0n) is 11.6. The van der Waals surface area contributed by atoms with Crippen LogP contribution in [0.15, 0.2) is 18.2 Å². The SMILES string of the molecule is CCNC1CCC(NC(=O)c2ccc(F)cc2F)CC1. The molecule has 1 aliphatic carbocycles. The van der Waals surface area contributed by atoms with Gasteiger partial charge in [-0.2, -0.15) is 0 Å². The third kappa shape index (κ3) is 3.76. The molecule has 1 saturated carbocycles. The second-order valence-electron chi connectivity index (χ2n) is 5.20. The summed E-state index contributed by atoms with van der Waals surface area (Å²) in [7, 11) is 0. The molecule has 0 aliphatic heterocycles. The normalized spacial score (nSPS) is 22.6. The number of halogens is 2. The van der Waals surface area contributed by atoms with Crippen molar-refractivity contribution in [3.05, 3.63) is 35.4 Å². The third-order valence-electron chi connectivity index (χ3n) is 3.73. The summed E-state index contributed by atoms with van der Waals surface area (Å²) in [5.74, 6) is -1.96. The summed E-state index contributed by atoms with van der Waals surface area (Å²) in [5, 5.41) is 6.22. The van der Waals surface area contributed by atoms with Crippen LogP contribution >= 0.6 is 0 Å². The summed E-state index contributed by atoms with van der Waals surface area (Å²) >= 11 is 0. The first-order chi connectivity index (χ1) is 9.60. The van der Waals surface area contributed by atoms with Gasteiger partial charge in [0.15, 0.2) is 0 Å². The van der Waals surface area contributed by atoms with E-state index in [2.05, 4.69) is 17.6 Å². The van der Waals surface area contributed by atoms with E-state index in [0.717, 1.165) is 44.4 Å². The number of benzene rings is 1. The lowest BCUT2D eigenvalue weighted by molar-refractivity contribution is 0.0920. The van der Waals surface area contributed by atoms with Crippen LogP contribution in [0.3, 0.4) is 0 Å². The number of amides is 1. The number of hydrogen-bond donors (Lipinski definition) is 2. The molecule has 0 saturated heterocycles. The standard InChI is InChI=1S/C15H20F2N2O/c1-2-18-11-4-6-12(7-5-11)19-15(20)13-8-3-10(16)9-14(13)17/h3,8-9,11-12,18H,2,4-7H2,1H3,(H,19,20). The van der Waals surface area contributed by atoms with Crippen LogP contribution in [0.1, 0.15) is 43.0 Å². The molecule has 1 fully saturated rings. The summed E-state index contributed by atoms with van der Waals surface area (Å²) in [6.45, 7) is 3.02. The predicted octanol–water partition coefficient (Wildman–Crippen LogP) is 2.62. The Morgan fingerprint density at radius 1 is 1.20 bits per heavy atom. The van der Waals surface area contributed by atoms with Gasteiger partial charge in [-0.05, 0) is 44.4 Å². The quantitative estimate of drug-likeness (QED) is 0.891. The second-order valence-corrected chi connectivity index (χ2v) is 5.20. The Kier molecular flexibility index (Phi) is 5.06. The van der Waals surface area contributed by atoms with E-state index >= 15 is 0 Å². The number of carbonyl (C=O) groups is 1. The molecule has 110 valence electrons. The largest absolute Gasteiger partial charge is 0.349 e. The molecule has 0 radical (unpaired) electrons. The van der Waals surface area contributed by atoms with Gasteiger partial charge < -0.3 is 10.6 Å².